The van der Waals surface area contributed by atoms with Gasteiger partial charge >= 0.3 is 5.97 Å². The van der Waals surface area contributed by atoms with E-state index in [1.807, 2.05) is 32.0 Å². The van der Waals surface area contributed by atoms with Crippen molar-refractivity contribution in [3.8, 4) is 17.0 Å². The minimum atomic E-state index is -0.927. The minimum absolute atomic E-state index is 0.103. The number of aliphatic imine (C=N–C) groups is 1. The molecule has 1 aromatic heterocycles. The van der Waals surface area contributed by atoms with Gasteiger partial charge in [-0.05, 0) is 57.7 Å². The number of carbonyl (C=O) groups excluding carboxylic acids is 2. The van der Waals surface area contributed by atoms with Crippen molar-refractivity contribution in [3.05, 3.63) is 35.7 Å². The summed E-state index contributed by atoms with van der Waals surface area (Å²) < 4.78 is 10.8. The Morgan fingerprint density at radius 2 is 1.88 bits per heavy atom. The number of carbonyl (C=O) groups is 2. The highest BCUT2D eigenvalue weighted by Gasteiger charge is 2.40. The number of aromatic nitrogens is 2. The van der Waals surface area contributed by atoms with Crippen LogP contribution in [0.5, 0.6) is 5.75 Å². The van der Waals surface area contributed by atoms with Crippen LogP contribution in [0.2, 0.25) is 0 Å². The zero-order valence-corrected chi connectivity index (χ0v) is 19.1. The summed E-state index contributed by atoms with van der Waals surface area (Å²) in [5.41, 5.74) is 15.2. The molecule has 0 unspecified atom stereocenters. The molecule has 33 heavy (non-hydrogen) atoms. The van der Waals surface area contributed by atoms with Gasteiger partial charge in [0.1, 0.15) is 24.4 Å². The largest absolute Gasteiger partial charge is 0.490 e. The van der Waals surface area contributed by atoms with Crippen LogP contribution in [0.1, 0.15) is 50.7 Å². The molecule has 1 saturated carbocycles. The molecule has 0 radical (unpaired) electrons. The molecular formula is C24H29N5O4. The molecule has 2 aromatic rings. The lowest BCUT2D eigenvalue weighted by Gasteiger charge is -2.35. The number of nitrogens with two attached hydrogens (primary N) is 2. The Hall–Kier alpha value is -3.33. The van der Waals surface area contributed by atoms with Crippen LogP contribution in [0.15, 0.2) is 29.5 Å². The molecule has 9 nitrogen and oxygen atoms in total. The maximum atomic E-state index is 12.1. The number of esters is 1. The SMILES string of the molecule is COC(=O)C(=O)CN=C1c2cc(OC3CCC(N)CC3)ccc2-c2ncnc(N)c2C1(C)C. The van der Waals surface area contributed by atoms with Crippen molar-refractivity contribution in [3.63, 3.8) is 0 Å². The maximum absolute atomic E-state index is 12.1. The van der Waals surface area contributed by atoms with Crippen LogP contribution in [0.4, 0.5) is 5.82 Å². The summed E-state index contributed by atoms with van der Waals surface area (Å²) in [6.07, 6.45) is 5.23. The van der Waals surface area contributed by atoms with Crippen molar-refractivity contribution >= 4 is 23.3 Å². The molecule has 1 heterocycles. The molecule has 174 valence electrons. The Morgan fingerprint density at radius 1 is 1.15 bits per heavy atom. The van der Waals surface area contributed by atoms with E-state index >= 15 is 0 Å². The van der Waals surface area contributed by atoms with Crippen molar-refractivity contribution < 1.29 is 19.1 Å². The molecule has 0 aliphatic heterocycles. The predicted octanol–water partition coefficient (Wildman–Crippen LogP) is 2.20. The molecular weight excluding hydrogens is 422 g/mol. The third-order valence-corrected chi connectivity index (χ3v) is 6.41. The summed E-state index contributed by atoms with van der Waals surface area (Å²) in [6.45, 7) is 3.57. The minimum Gasteiger partial charge on any atom is -0.490 e. The third kappa shape index (κ3) is 4.32. The van der Waals surface area contributed by atoms with E-state index in [0.717, 1.165) is 48.1 Å². The maximum Gasteiger partial charge on any atom is 0.376 e. The molecule has 4 rings (SSSR count). The summed E-state index contributed by atoms with van der Waals surface area (Å²) >= 11 is 0. The van der Waals surface area contributed by atoms with E-state index in [1.54, 1.807) is 0 Å². The Balaban J connectivity index is 1.78. The quantitative estimate of drug-likeness (QED) is 0.520. The number of benzene rings is 1. The second kappa shape index (κ2) is 8.90. The predicted molar refractivity (Wildman–Crippen MR) is 124 cm³/mol. The Kier molecular flexibility index (Phi) is 6.16. The second-order valence-electron chi connectivity index (χ2n) is 9.05. The lowest BCUT2D eigenvalue weighted by molar-refractivity contribution is -0.150. The van der Waals surface area contributed by atoms with E-state index in [0.29, 0.717) is 17.3 Å². The van der Waals surface area contributed by atoms with Crippen LogP contribution in [0.25, 0.3) is 11.3 Å². The first-order valence-electron chi connectivity index (χ1n) is 11.1. The summed E-state index contributed by atoms with van der Waals surface area (Å²) in [5.74, 6) is -0.593. The first kappa shape index (κ1) is 22.8. The molecule has 2 aliphatic rings. The summed E-state index contributed by atoms with van der Waals surface area (Å²) in [6, 6.07) is 6.00. The zero-order valence-electron chi connectivity index (χ0n) is 19.1. The number of fused-ring (bicyclic) bond motifs is 3. The highest BCUT2D eigenvalue weighted by atomic mass is 16.5. The number of Topliss-reactive ketones (excluding diaryl/α,β-unsaturated/α-hetero) is 1. The molecule has 9 heteroatoms. The fourth-order valence-electron chi connectivity index (χ4n) is 4.68. The van der Waals surface area contributed by atoms with Gasteiger partial charge in [0.15, 0.2) is 0 Å². The topological polar surface area (TPSA) is 143 Å². The molecule has 0 spiro atoms. The number of hydrogen-bond acceptors (Lipinski definition) is 9. The van der Waals surface area contributed by atoms with Gasteiger partial charge in [-0.15, -0.1) is 0 Å². The van der Waals surface area contributed by atoms with E-state index in [9.17, 15) is 9.59 Å². The molecule has 1 fully saturated rings. The fourth-order valence-corrected chi connectivity index (χ4v) is 4.68. The van der Waals surface area contributed by atoms with Crippen molar-refractivity contribution in [2.24, 2.45) is 10.7 Å². The van der Waals surface area contributed by atoms with Crippen LogP contribution in [0, 0.1) is 0 Å². The van der Waals surface area contributed by atoms with Gasteiger partial charge in [0.2, 0.25) is 0 Å². The average molecular weight is 452 g/mol. The van der Waals surface area contributed by atoms with Gasteiger partial charge < -0.3 is 20.9 Å². The molecule has 2 aliphatic carbocycles. The highest BCUT2D eigenvalue weighted by molar-refractivity contribution is 6.34. The van der Waals surface area contributed by atoms with Crippen LogP contribution >= 0.6 is 0 Å². The fraction of sp³-hybridized carbons (Fsp3) is 0.458. The van der Waals surface area contributed by atoms with Crippen LogP contribution < -0.4 is 16.2 Å². The van der Waals surface area contributed by atoms with Gasteiger partial charge in [-0.2, -0.15) is 0 Å². The van der Waals surface area contributed by atoms with E-state index in [1.165, 1.54) is 13.4 Å². The highest BCUT2D eigenvalue weighted by Crippen LogP contribution is 2.45. The number of anilines is 1. The number of ketones is 1. The van der Waals surface area contributed by atoms with Crippen LogP contribution in [0.3, 0.4) is 0 Å². The second-order valence-corrected chi connectivity index (χ2v) is 9.05. The first-order chi connectivity index (χ1) is 15.7. The van der Waals surface area contributed by atoms with Gasteiger partial charge in [-0.1, -0.05) is 0 Å². The van der Waals surface area contributed by atoms with Crippen LogP contribution in [-0.2, 0) is 19.7 Å². The molecule has 0 amide bonds. The van der Waals surface area contributed by atoms with E-state index in [2.05, 4.69) is 19.7 Å². The van der Waals surface area contributed by atoms with Gasteiger partial charge in [0, 0.05) is 28.1 Å². The smallest absolute Gasteiger partial charge is 0.376 e. The number of nitrogens with zero attached hydrogens (tertiary/aromatic N) is 3. The van der Waals surface area contributed by atoms with Crippen molar-refractivity contribution in [1.29, 1.82) is 0 Å². The first-order valence-corrected chi connectivity index (χ1v) is 11.1. The van der Waals surface area contributed by atoms with E-state index in [-0.39, 0.29) is 18.7 Å². The molecule has 0 saturated heterocycles. The lowest BCUT2D eigenvalue weighted by atomic mass is 9.70. The standard InChI is InChI=1S/C24H29N5O4/c1-24(2)19-20(28-12-29-22(19)26)16-9-8-15(33-14-6-4-13(25)5-7-14)10-17(16)21(24)27-11-18(30)23(31)32-3/h8-10,12-14H,4-7,11,25H2,1-3H3,(H2,26,28,29). The monoisotopic (exact) mass is 451 g/mol. The number of rotatable bonds is 5. The van der Waals surface area contributed by atoms with Crippen molar-refractivity contribution in [2.45, 2.75) is 57.1 Å². The van der Waals surface area contributed by atoms with Gasteiger partial charge in [0.25, 0.3) is 5.78 Å². The summed E-state index contributed by atoms with van der Waals surface area (Å²) in [7, 11) is 1.17. The number of hydrogen-bond donors (Lipinski definition) is 2. The molecule has 1 aromatic carbocycles. The summed E-state index contributed by atoms with van der Waals surface area (Å²) in [4.78, 5) is 37.0. The number of ether oxygens (including phenoxy) is 2. The third-order valence-electron chi connectivity index (χ3n) is 6.41. The van der Waals surface area contributed by atoms with Gasteiger partial charge in [0.05, 0.1) is 24.6 Å². The lowest BCUT2D eigenvalue weighted by Crippen LogP contribution is -2.37. The Labute approximate surface area is 192 Å². The van der Waals surface area contributed by atoms with E-state index in [4.69, 9.17) is 16.2 Å². The van der Waals surface area contributed by atoms with E-state index < -0.39 is 17.2 Å². The molecule has 0 atom stereocenters. The van der Waals surface area contributed by atoms with Crippen molar-refractivity contribution in [1.82, 2.24) is 9.97 Å². The number of methoxy groups -OCH3 is 1. The number of nitrogen functional groups attached to an aromatic ring is 1. The van der Waals surface area contributed by atoms with Crippen molar-refractivity contribution in [2.75, 3.05) is 19.4 Å². The summed E-state index contributed by atoms with van der Waals surface area (Å²) in [5, 5.41) is 0. The van der Waals surface area contributed by atoms with Crippen LogP contribution in [-0.4, -0.2) is 53.2 Å². The Bertz CT molecular complexity index is 1120. The van der Waals surface area contributed by atoms with Gasteiger partial charge in [-0.3, -0.25) is 9.79 Å². The molecule has 0 bridgehead atoms. The normalized spacial score (nSPS) is 22.2. The van der Waals surface area contributed by atoms with Gasteiger partial charge in [-0.25, -0.2) is 14.8 Å². The zero-order chi connectivity index (χ0) is 23.8. The average Bonchev–Trinajstić information content (AvgIpc) is 2.79. The Morgan fingerprint density at radius 3 is 2.58 bits per heavy atom. The molecule has 4 N–H and O–H groups in total.